The third kappa shape index (κ3) is 8.05. The van der Waals surface area contributed by atoms with Gasteiger partial charge in [0.1, 0.15) is 0 Å². The van der Waals surface area contributed by atoms with E-state index in [0.29, 0.717) is 18.4 Å². The molecule has 26 heavy (non-hydrogen) atoms. The molecule has 0 radical (unpaired) electrons. The molecular weight excluding hydrogens is 389 g/mol. The molecule has 0 spiro atoms. The minimum absolute atomic E-state index is 0. The topological polar surface area (TPSA) is 44.4 Å². The molecule has 1 aromatic carbocycles. The number of carbonyl (C=O) groups excluding carboxylic acids is 1. The van der Waals surface area contributed by atoms with Crippen molar-refractivity contribution >= 4 is 42.5 Å². The summed E-state index contributed by atoms with van der Waals surface area (Å²) >= 11 is 1.94. The number of halogens is 2. The maximum Gasteiger partial charge on any atom is 0.221 e. The largest absolute Gasteiger partial charge is 0.356 e. The number of likely N-dealkylation sites (tertiary alicyclic amines) is 1. The van der Waals surface area contributed by atoms with Crippen molar-refractivity contribution in [2.24, 2.45) is 5.92 Å². The highest BCUT2D eigenvalue weighted by Crippen LogP contribution is 2.16. The predicted molar refractivity (Wildman–Crippen MR) is 116 cm³/mol. The fourth-order valence-corrected chi connectivity index (χ4v) is 4.47. The van der Waals surface area contributed by atoms with Crippen LogP contribution in [0.3, 0.4) is 0 Å². The summed E-state index contributed by atoms with van der Waals surface area (Å²) in [7, 11) is 0. The Bertz CT molecular complexity index is 515. The first-order valence-electron chi connectivity index (χ1n) is 9.13. The summed E-state index contributed by atoms with van der Waals surface area (Å²) in [6.45, 7) is 5.26. The fourth-order valence-electron chi connectivity index (χ4n) is 3.52. The molecule has 1 aromatic rings. The zero-order valence-electron chi connectivity index (χ0n) is 15.2. The van der Waals surface area contributed by atoms with Crippen LogP contribution < -0.4 is 10.6 Å². The van der Waals surface area contributed by atoms with Crippen LogP contribution in [0.25, 0.3) is 0 Å². The van der Waals surface area contributed by atoms with Crippen molar-refractivity contribution in [3.8, 4) is 0 Å². The quantitative estimate of drug-likeness (QED) is 0.712. The molecule has 0 aliphatic carbocycles. The summed E-state index contributed by atoms with van der Waals surface area (Å²) < 4.78 is 0. The number of hydrogen-bond donors (Lipinski definition) is 2. The first-order valence-corrected chi connectivity index (χ1v) is 10.3. The minimum atomic E-state index is 0. The van der Waals surface area contributed by atoms with E-state index in [-0.39, 0.29) is 30.7 Å². The highest BCUT2D eigenvalue weighted by atomic mass is 35.5. The van der Waals surface area contributed by atoms with Crippen molar-refractivity contribution in [2.45, 2.75) is 25.3 Å². The van der Waals surface area contributed by atoms with E-state index in [1.807, 2.05) is 11.8 Å². The van der Waals surface area contributed by atoms with Gasteiger partial charge >= 0.3 is 0 Å². The Labute approximate surface area is 174 Å². The van der Waals surface area contributed by atoms with Gasteiger partial charge in [-0.2, -0.15) is 11.8 Å². The van der Waals surface area contributed by atoms with Crippen molar-refractivity contribution in [2.75, 3.05) is 44.2 Å². The molecule has 2 heterocycles. The normalized spacial score (nSPS) is 22.9. The van der Waals surface area contributed by atoms with Crippen molar-refractivity contribution in [3.63, 3.8) is 0 Å². The van der Waals surface area contributed by atoms with Gasteiger partial charge in [-0.05, 0) is 30.9 Å². The zero-order chi connectivity index (χ0) is 16.6. The Hall–Kier alpha value is -0.460. The summed E-state index contributed by atoms with van der Waals surface area (Å²) in [5, 5.41) is 6.58. The average molecular weight is 420 g/mol. The lowest BCUT2D eigenvalue weighted by molar-refractivity contribution is -0.121. The molecule has 2 fully saturated rings. The van der Waals surface area contributed by atoms with E-state index in [2.05, 4.69) is 45.9 Å². The standard InChI is InChI=1S/C19H29N3OS.2ClH/c23-19(12-18-15-24-11-8-20-18)21-13-17-7-10-22(14-17)9-6-16-4-2-1-3-5-16;;/h1-5,17-18,20H,6-15H2,(H,21,23);2*1H. The van der Waals surface area contributed by atoms with E-state index < -0.39 is 0 Å². The van der Waals surface area contributed by atoms with Gasteiger partial charge in [0, 0.05) is 50.1 Å². The first kappa shape index (κ1) is 23.6. The summed E-state index contributed by atoms with van der Waals surface area (Å²) in [5.41, 5.74) is 1.41. The van der Waals surface area contributed by atoms with Gasteiger partial charge in [0.05, 0.1) is 0 Å². The van der Waals surface area contributed by atoms with Crippen LogP contribution in [0, 0.1) is 5.92 Å². The van der Waals surface area contributed by atoms with Gasteiger partial charge in [-0.1, -0.05) is 30.3 Å². The molecule has 2 aliphatic heterocycles. The summed E-state index contributed by atoms with van der Waals surface area (Å²) in [4.78, 5) is 14.6. The lowest BCUT2D eigenvalue weighted by Crippen LogP contribution is -2.42. The SMILES string of the molecule is Cl.Cl.O=C(CC1CSCCN1)NCC1CCN(CCc2ccccc2)C1. The zero-order valence-corrected chi connectivity index (χ0v) is 17.6. The lowest BCUT2D eigenvalue weighted by atomic mass is 10.1. The van der Waals surface area contributed by atoms with Crippen LogP contribution in [0.15, 0.2) is 30.3 Å². The van der Waals surface area contributed by atoms with Gasteiger partial charge in [-0.15, -0.1) is 24.8 Å². The van der Waals surface area contributed by atoms with E-state index in [0.717, 1.165) is 44.9 Å². The van der Waals surface area contributed by atoms with Crippen molar-refractivity contribution < 1.29 is 4.79 Å². The molecule has 4 nitrogen and oxygen atoms in total. The molecule has 3 rings (SSSR count). The molecule has 0 bridgehead atoms. The van der Waals surface area contributed by atoms with Crippen LogP contribution in [0.5, 0.6) is 0 Å². The molecule has 2 saturated heterocycles. The smallest absolute Gasteiger partial charge is 0.221 e. The highest BCUT2D eigenvalue weighted by molar-refractivity contribution is 7.99. The molecule has 7 heteroatoms. The Kier molecular flexibility index (Phi) is 11.6. The highest BCUT2D eigenvalue weighted by Gasteiger charge is 2.23. The second-order valence-corrected chi connectivity index (χ2v) is 8.07. The molecule has 2 atom stereocenters. The van der Waals surface area contributed by atoms with Gasteiger partial charge in [0.25, 0.3) is 0 Å². The number of benzene rings is 1. The van der Waals surface area contributed by atoms with Gasteiger partial charge < -0.3 is 15.5 Å². The van der Waals surface area contributed by atoms with Gasteiger partial charge in [0.15, 0.2) is 0 Å². The minimum Gasteiger partial charge on any atom is -0.356 e. The molecular formula is C19H31Cl2N3OS. The third-order valence-electron chi connectivity index (χ3n) is 4.95. The monoisotopic (exact) mass is 419 g/mol. The fraction of sp³-hybridized carbons (Fsp3) is 0.632. The van der Waals surface area contributed by atoms with Gasteiger partial charge in [0.2, 0.25) is 5.91 Å². The molecule has 1 amide bonds. The lowest BCUT2D eigenvalue weighted by Gasteiger charge is -2.23. The van der Waals surface area contributed by atoms with Crippen LogP contribution in [0.4, 0.5) is 0 Å². The number of nitrogens with zero attached hydrogens (tertiary/aromatic N) is 1. The second-order valence-electron chi connectivity index (χ2n) is 6.93. The van der Waals surface area contributed by atoms with Gasteiger partial charge in [-0.3, -0.25) is 4.79 Å². The van der Waals surface area contributed by atoms with Crippen LogP contribution in [0.1, 0.15) is 18.4 Å². The van der Waals surface area contributed by atoms with Gasteiger partial charge in [-0.25, -0.2) is 0 Å². The van der Waals surface area contributed by atoms with Crippen LogP contribution in [-0.2, 0) is 11.2 Å². The number of nitrogens with one attached hydrogen (secondary N) is 2. The Morgan fingerprint density at radius 1 is 1.27 bits per heavy atom. The number of amides is 1. The van der Waals surface area contributed by atoms with Crippen LogP contribution >= 0.6 is 36.6 Å². The molecule has 148 valence electrons. The number of thioether (sulfide) groups is 1. The van der Waals surface area contributed by atoms with Crippen molar-refractivity contribution in [1.82, 2.24) is 15.5 Å². The van der Waals surface area contributed by atoms with Crippen molar-refractivity contribution in [1.29, 1.82) is 0 Å². The molecule has 2 aliphatic rings. The van der Waals surface area contributed by atoms with Crippen LogP contribution in [0.2, 0.25) is 0 Å². The molecule has 2 N–H and O–H groups in total. The second kappa shape index (κ2) is 12.8. The first-order chi connectivity index (χ1) is 11.8. The Balaban J connectivity index is 0.00000169. The maximum absolute atomic E-state index is 12.1. The average Bonchev–Trinajstić information content (AvgIpc) is 3.08. The van der Waals surface area contributed by atoms with E-state index in [9.17, 15) is 4.79 Å². The van der Waals surface area contributed by atoms with E-state index in [1.54, 1.807) is 0 Å². The molecule has 0 aromatic heterocycles. The predicted octanol–water partition coefficient (Wildman–Crippen LogP) is 2.61. The Morgan fingerprint density at radius 3 is 2.81 bits per heavy atom. The molecule has 2 unspecified atom stereocenters. The van der Waals surface area contributed by atoms with Crippen LogP contribution in [-0.4, -0.2) is 61.1 Å². The Morgan fingerprint density at radius 2 is 2.08 bits per heavy atom. The number of rotatable bonds is 7. The summed E-state index contributed by atoms with van der Waals surface area (Å²) in [6.07, 6.45) is 2.94. The van der Waals surface area contributed by atoms with E-state index in [1.165, 1.54) is 17.7 Å². The molecule has 0 saturated carbocycles. The summed E-state index contributed by atoms with van der Waals surface area (Å²) in [5.74, 6) is 3.04. The van der Waals surface area contributed by atoms with E-state index in [4.69, 9.17) is 0 Å². The maximum atomic E-state index is 12.1. The number of hydrogen-bond acceptors (Lipinski definition) is 4. The number of carbonyl (C=O) groups is 1. The van der Waals surface area contributed by atoms with E-state index >= 15 is 0 Å². The third-order valence-corrected chi connectivity index (χ3v) is 6.08. The summed E-state index contributed by atoms with van der Waals surface area (Å²) in [6, 6.07) is 11.0. The van der Waals surface area contributed by atoms with Crippen molar-refractivity contribution in [3.05, 3.63) is 35.9 Å².